The molecule has 8 heteroatoms. The highest BCUT2D eigenvalue weighted by molar-refractivity contribution is 7.92. The third-order valence-corrected chi connectivity index (χ3v) is 4.21. The van der Waals surface area contributed by atoms with E-state index in [1.807, 2.05) is 6.92 Å². The number of aryl methyl sites for hydroxylation is 1. The van der Waals surface area contributed by atoms with Gasteiger partial charge in [-0.2, -0.15) is 0 Å². The maximum absolute atomic E-state index is 12.4. The number of anilines is 2. The summed E-state index contributed by atoms with van der Waals surface area (Å²) in [5.41, 5.74) is 1.19. The molecule has 0 fully saturated rings. The van der Waals surface area contributed by atoms with Crippen molar-refractivity contribution in [2.75, 3.05) is 23.7 Å². The minimum absolute atomic E-state index is 0.000260. The summed E-state index contributed by atoms with van der Waals surface area (Å²) in [7, 11) is -0.184. The summed E-state index contributed by atoms with van der Waals surface area (Å²) in [5.74, 6) is 0.536. The van der Waals surface area contributed by atoms with Gasteiger partial charge in [0.15, 0.2) is 5.82 Å². The normalized spacial score (nSPS) is 11.2. The van der Waals surface area contributed by atoms with Gasteiger partial charge in [-0.15, -0.1) is 0 Å². The average molecular weight is 327 g/mol. The molecule has 0 saturated carbocycles. The highest BCUT2D eigenvalue weighted by atomic mass is 35.5. The molecule has 0 bridgehead atoms. The Hall–Kier alpha value is -1.86. The molecule has 112 valence electrons. The first kappa shape index (κ1) is 15.5. The largest absolute Gasteiger partial charge is 0.361 e. The SMILES string of the molecule is Cc1ccc(NS(=O)(=O)c2cncc(Cl)c2)c(N(C)C)n1. The van der Waals surface area contributed by atoms with Crippen LogP contribution < -0.4 is 9.62 Å². The van der Waals surface area contributed by atoms with Crippen molar-refractivity contribution in [3.8, 4) is 0 Å². The van der Waals surface area contributed by atoms with Crippen molar-refractivity contribution in [3.63, 3.8) is 0 Å². The fourth-order valence-electron chi connectivity index (χ4n) is 1.71. The van der Waals surface area contributed by atoms with E-state index >= 15 is 0 Å². The third-order valence-electron chi connectivity index (χ3n) is 2.67. The first-order chi connectivity index (χ1) is 9.79. The lowest BCUT2D eigenvalue weighted by Gasteiger charge is -2.17. The standard InChI is InChI=1S/C13H15ClN4O2S/c1-9-4-5-12(13(16-9)18(2)3)17-21(19,20)11-6-10(14)7-15-8-11/h4-8,17H,1-3H3. The monoisotopic (exact) mass is 326 g/mol. The Morgan fingerprint density at radius 3 is 2.57 bits per heavy atom. The average Bonchev–Trinajstić information content (AvgIpc) is 2.40. The number of halogens is 1. The zero-order chi connectivity index (χ0) is 15.6. The molecular formula is C13H15ClN4O2S. The van der Waals surface area contributed by atoms with E-state index in [4.69, 9.17) is 11.6 Å². The van der Waals surface area contributed by atoms with E-state index in [0.29, 0.717) is 11.5 Å². The Balaban J connectivity index is 2.42. The van der Waals surface area contributed by atoms with Gasteiger partial charge in [-0.05, 0) is 25.1 Å². The quantitative estimate of drug-likeness (QED) is 0.933. The topological polar surface area (TPSA) is 75.2 Å². The number of pyridine rings is 2. The molecule has 0 aliphatic heterocycles. The molecule has 21 heavy (non-hydrogen) atoms. The number of aromatic nitrogens is 2. The van der Waals surface area contributed by atoms with E-state index < -0.39 is 10.0 Å². The summed E-state index contributed by atoms with van der Waals surface area (Å²) in [6.07, 6.45) is 2.62. The van der Waals surface area contributed by atoms with Crippen LogP contribution in [0.15, 0.2) is 35.5 Å². The van der Waals surface area contributed by atoms with Crippen molar-refractivity contribution in [1.82, 2.24) is 9.97 Å². The van der Waals surface area contributed by atoms with E-state index in [-0.39, 0.29) is 9.92 Å². The molecule has 6 nitrogen and oxygen atoms in total. The zero-order valence-corrected chi connectivity index (χ0v) is 13.4. The summed E-state index contributed by atoms with van der Waals surface area (Å²) >= 11 is 5.78. The van der Waals surface area contributed by atoms with E-state index in [1.165, 1.54) is 18.5 Å². The first-order valence-corrected chi connectivity index (χ1v) is 7.94. The minimum Gasteiger partial charge on any atom is -0.361 e. The van der Waals surface area contributed by atoms with Gasteiger partial charge in [0.05, 0.1) is 10.7 Å². The van der Waals surface area contributed by atoms with Crippen LogP contribution in [0.1, 0.15) is 5.69 Å². The van der Waals surface area contributed by atoms with Crippen molar-refractivity contribution in [2.24, 2.45) is 0 Å². The molecule has 1 N–H and O–H groups in total. The Morgan fingerprint density at radius 1 is 1.24 bits per heavy atom. The molecule has 0 saturated heterocycles. The summed E-state index contributed by atoms with van der Waals surface area (Å²) in [5, 5.41) is 0.257. The number of hydrogen-bond acceptors (Lipinski definition) is 5. The minimum atomic E-state index is -3.77. The molecule has 2 heterocycles. The lowest BCUT2D eigenvalue weighted by Crippen LogP contribution is -2.18. The van der Waals surface area contributed by atoms with E-state index in [2.05, 4.69) is 14.7 Å². The molecule has 0 aromatic carbocycles. The van der Waals surface area contributed by atoms with Crippen LogP contribution >= 0.6 is 11.6 Å². The highest BCUT2D eigenvalue weighted by Gasteiger charge is 2.18. The van der Waals surface area contributed by atoms with Crippen molar-refractivity contribution >= 4 is 33.1 Å². The lowest BCUT2D eigenvalue weighted by atomic mass is 10.3. The van der Waals surface area contributed by atoms with Crippen molar-refractivity contribution in [3.05, 3.63) is 41.3 Å². The van der Waals surface area contributed by atoms with Gasteiger partial charge < -0.3 is 4.90 Å². The molecule has 0 aliphatic carbocycles. The maximum atomic E-state index is 12.4. The second-order valence-corrected chi connectivity index (χ2v) is 6.78. The van der Waals surface area contributed by atoms with Gasteiger partial charge in [-0.1, -0.05) is 11.6 Å². The van der Waals surface area contributed by atoms with Gasteiger partial charge >= 0.3 is 0 Å². The van der Waals surface area contributed by atoms with Crippen molar-refractivity contribution in [1.29, 1.82) is 0 Å². The molecule has 2 aromatic rings. The van der Waals surface area contributed by atoms with Crippen LogP contribution in [0.5, 0.6) is 0 Å². The zero-order valence-electron chi connectivity index (χ0n) is 11.8. The van der Waals surface area contributed by atoms with Gasteiger partial charge in [-0.3, -0.25) is 9.71 Å². The van der Waals surface area contributed by atoms with E-state index in [9.17, 15) is 8.42 Å². The molecule has 0 unspecified atom stereocenters. The van der Waals surface area contributed by atoms with E-state index in [0.717, 1.165) is 5.69 Å². The Morgan fingerprint density at radius 2 is 1.95 bits per heavy atom. The number of sulfonamides is 1. The van der Waals surface area contributed by atoms with Crippen molar-refractivity contribution < 1.29 is 8.42 Å². The predicted molar refractivity (Wildman–Crippen MR) is 83.4 cm³/mol. The summed E-state index contributed by atoms with van der Waals surface area (Å²) < 4.78 is 27.2. The number of rotatable bonds is 4. The van der Waals surface area contributed by atoms with Gasteiger partial charge in [0.1, 0.15) is 4.90 Å². The summed E-state index contributed by atoms with van der Waals surface area (Å²) in [4.78, 5) is 9.85. The maximum Gasteiger partial charge on any atom is 0.263 e. The predicted octanol–water partition coefficient (Wildman–Crippen LogP) is 2.31. The van der Waals surface area contributed by atoms with Crippen LogP contribution in [0.3, 0.4) is 0 Å². The molecule has 0 spiro atoms. The molecule has 2 aromatic heterocycles. The van der Waals surface area contributed by atoms with Crippen LogP contribution in [-0.4, -0.2) is 32.5 Å². The Kier molecular flexibility index (Phi) is 4.34. The third kappa shape index (κ3) is 3.62. The van der Waals surface area contributed by atoms with Crippen LogP contribution in [0.4, 0.5) is 11.5 Å². The van der Waals surface area contributed by atoms with Gasteiger partial charge in [0.25, 0.3) is 10.0 Å². The van der Waals surface area contributed by atoms with Crippen LogP contribution in [-0.2, 0) is 10.0 Å². The molecule has 0 amide bonds. The van der Waals surface area contributed by atoms with Gasteiger partial charge in [0, 0.05) is 32.2 Å². The summed E-state index contributed by atoms with van der Waals surface area (Å²) in [6, 6.07) is 4.75. The molecule has 0 radical (unpaired) electrons. The molecule has 2 rings (SSSR count). The molecular weight excluding hydrogens is 312 g/mol. The number of nitrogens with zero attached hydrogens (tertiary/aromatic N) is 3. The summed E-state index contributed by atoms with van der Waals surface area (Å²) in [6.45, 7) is 1.84. The van der Waals surface area contributed by atoms with E-state index in [1.54, 1.807) is 31.1 Å². The first-order valence-electron chi connectivity index (χ1n) is 6.08. The molecule has 0 aliphatic rings. The number of nitrogens with one attached hydrogen (secondary N) is 1. The second kappa shape index (κ2) is 5.87. The fraction of sp³-hybridized carbons (Fsp3) is 0.231. The van der Waals surface area contributed by atoms with Gasteiger partial charge in [0.2, 0.25) is 0 Å². The molecule has 0 atom stereocenters. The lowest BCUT2D eigenvalue weighted by molar-refractivity contribution is 0.601. The van der Waals surface area contributed by atoms with Crippen molar-refractivity contribution in [2.45, 2.75) is 11.8 Å². The smallest absolute Gasteiger partial charge is 0.263 e. The van der Waals surface area contributed by atoms with Crippen LogP contribution in [0.2, 0.25) is 5.02 Å². The van der Waals surface area contributed by atoms with Crippen LogP contribution in [0, 0.1) is 6.92 Å². The Labute approximate surface area is 128 Å². The number of hydrogen-bond donors (Lipinski definition) is 1. The highest BCUT2D eigenvalue weighted by Crippen LogP contribution is 2.25. The van der Waals surface area contributed by atoms with Gasteiger partial charge in [-0.25, -0.2) is 13.4 Å². The van der Waals surface area contributed by atoms with Crippen LogP contribution in [0.25, 0.3) is 0 Å². The fourth-order valence-corrected chi connectivity index (χ4v) is 2.99. The Bertz CT molecular complexity index is 763. The second-order valence-electron chi connectivity index (χ2n) is 4.66.